The standard InChI is InChI=1S/C23H33NO4S/c1-6-8-9-10-19(7-2)28-23(25)24(3)22-18(11-12-29-22)13-17-14-20(26-4)16-21(15-17)27-5/h11-12,14-16,19H,6-10,13H2,1-5H3. The lowest BCUT2D eigenvalue weighted by atomic mass is 10.1. The number of thiophene rings is 1. The van der Waals surface area contributed by atoms with Crippen molar-refractivity contribution in [3.05, 3.63) is 40.8 Å². The maximum Gasteiger partial charge on any atom is 0.414 e. The third kappa shape index (κ3) is 6.67. The highest BCUT2D eigenvalue weighted by Gasteiger charge is 2.21. The van der Waals surface area contributed by atoms with Crippen molar-refractivity contribution in [2.75, 3.05) is 26.2 Å². The van der Waals surface area contributed by atoms with Crippen LogP contribution in [0.4, 0.5) is 9.80 Å². The fourth-order valence-corrected chi connectivity index (χ4v) is 4.10. The summed E-state index contributed by atoms with van der Waals surface area (Å²) in [5.74, 6) is 1.50. The molecule has 160 valence electrons. The van der Waals surface area contributed by atoms with Crippen LogP contribution < -0.4 is 14.4 Å². The van der Waals surface area contributed by atoms with Gasteiger partial charge in [0.05, 0.1) is 14.2 Å². The molecular formula is C23H33NO4S. The highest BCUT2D eigenvalue weighted by molar-refractivity contribution is 7.14. The topological polar surface area (TPSA) is 48.0 Å². The molecule has 0 fully saturated rings. The van der Waals surface area contributed by atoms with E-state index < -0.39 is 0 Å². The molecule has 0 aliphatic carbocycles. The zero-order valence-corrected chi connectivity index (χ0v) is 19.0. The first-order valence-corrected chi connectivity index (χ1v) is 11.1. The molecule has 1 heterocycles. The Hall–Kier alpha value is -2.21. The number of benzene rings is 1. The maximum atomic E-state index is 12.7. The second-order valence-electron chi connectivity index (χ2n) is 7.12. The molecule has 1 aromatic heterocycles. The maximum absolute atomic E-state index is 12.7. The Morgan fingerprint density at radius 1 is 1.10 bits per heavy atom. The van der Waals surface area contributed by atoms with Gasteiger partial charge in [-0.15, -0.1) is 11.3 Å². The Morgan fingerprint density at radius 2 is 1.79 bits per heavy atom. The van der Waals surface area contributed by atoms with Gasteiger partial charge in [-0.05, 0) is 54.0 Å². The molecule has 0 aliphatic rings. The summed E-state index contributed by atoms with van der Waals surface area (Å²) < 4.78 is 16.5. The number of carbonyl (C=O) groups is 1. The summed E-state index contributed by atoms with van der Waals surface area (Å²) in [5.41, 5.74) is 2.14. The average Bonchev–Trinajstić information content (AvgIpc) is 3.19. The summed E-state index contributed by atoms with van der Waals surface area (Å²) in [7, 11) is 5.06. The monoisotopic (exact) mass is 419 g/mol. The number of ether oxygens (including phenoxy) is 3. The zero-order valence-electron chi connectivity index (χ0n) is 18.2. The van der Waals surface area contributed by atoms with Crippen molar-refractivity contribution in [3.8, 4) is 11.5 Å². The van der Waals surface area contributed by atoms with Crippen LogP contribution in [0.1, 0.15) is 57.1 Å². The zero-order chi connectivity index (χ0) is 21.2. The predicted molar refractivity (Wildman–Crippen MR) is 120 cm³/mol. The summed E-state index contributed by atoms with van der Waals surface area (Å²) in [4.78, 5) is 14.3. The Balaban J connectivity index is 2.09. The molecule has 2 aromatic rings. The Labute approximate surface area is 178 Å². The third-order valence-corrected chi connectivity index (χ3v) is 5.99. The van der Waals surface area contributed by atoms with Crippen LogP contribution in [0.25, 0.3) is 0 Å². The Bertz CT molecular complexity index is 752. The van der Waals surface area contributed by atoms with Gasteiger partial charge in [-0.25, -0.2) is 4.79 Å². The molecule has 0 aliphatic heterocycles. The van der Waals surface area contributed by atoms with E-state index in [1.165, 1.54) is 6.42 Å². The molecule has 0 N–H and O–H groups in total. The number of methoxy groups -OCH3 is 2. The van der Waals surface area contributed by atoms with E-state index in [0.29, 0.717) is 6.42 Å². The van der Waals surface area contributed by atoms with Crippen molar-refractivity contribution in [3.63, 3.8) is 0 Å². The molecule has 6 heteroatoms. The van der Waals surface area contributed by atoms with E-state index in [1.807, 2.05) is 29.6 Å². The molecular weight excluding hydrogens is 386 g/mol. The van der Waals surface area contributed by atoms with Crippen LogP contribution in [-0.2, 0) is 11.2 Å². The van der Waals surface area contributed by atoms with Gasteiger partial charge < -0.3 is 14.2 Å². The fraction of sp³-hybridized carbons (Fsp3) is 0.522. The highest BCUT2D eigenvalue weighted by Crippen LogP contribution is 2.32. The van der Waals surface area contributed by atoms with Crippen molar-refractivity contribution in [1.82, 2.24) is 0 Å². The molecule has 0 bridgehead atoms. The number of amides is 1. The number of hydrogen-bond donors (Lipinski definition) is 0. The number of nitrogens with zero attached hydrogens (tertiary/aromatic N) is 1. The number of unbranched alkanes of at least 4 members (excludes halogenated alkanes) is 2. The summed E-state index contributed by atoms with van der Waals surface area (Å²) in [6.45, 7) is 4.24. The van der Waals surface area contributed by atoms with Crippen molar-refractivity contribution < 1.29 is 19.0 Å². The summed E-state index contributed by atoms with van der Waals surface area (Å²) in [6.07, 6.45) is 5.55. The molecule has 0 saturated heterocycles. The van der Waals surface area contributed by atoms with E-state index in [2.05, 4.69) is 13.8 Å². The Morgan fingerprint density at radius 3 is 2.38 bits per heavy atom. The van der Waals surface area contributed by atoms with Crippen molar-refractivity contribution >= 4 is 22.4 Å². The fourth-order valence-electron chi connectivity index (χ4n) is 3.22. The highest BCUT2D eigenvalue weighted by atomic mass is 32.1. The van der Waals surface area contributed by atoms with Crippen LogP contribution >= 0.6 is 11.3 Å². The SMILES string of the molecule is CCCCCC(CC)OC(=O)N(C)c1sccc1Cc1cc(OC)cc(OC)c1. The van der Waals surface area contributed by atoms with Gasteiger partial charge in [0.15, 0.2) is 0 Å². The summed E-state index contributed by atoms with van der Waals surface area (Å²) in [5, 5.41) is 2.91. The molecule has 1 atom stereocenters. The minimum absolute atomic E-state index is 0.0254. The van der Waals surface area contributed by atoms with Gasteiger partial charge in [0.2, 0.25) is 0 Å². The van der Waals surface area contributed by atoms with E-state index >= 15 is 0 Å². The van der Waals surface area contributed by atoms with Crippen molar-refractivity contribution in [2.24, 2.45) is 0 Å². The van der Waals surface area contributed by atoms with E-state index in [1.54, 1.807) is 37.5 Å². The number of anilines is 1. The predicted octanol–water partition coefficient (Wildman–Crippen LogP) is 6.29. The molecule has 0 radical (unpaired) electrons. The minimum atomic E-state index is -0.291. The first-order valence-electron chi connectivity index (χ1n) is 10.2. The first kappa shape index (κ1) is 23.1. The molecule has 1 aromatic carbocycles. The molecule has 29 heavy (non-hydrogen) atoms. The third-order valence-electron chi connectivity index (χ3n) is 4.96. The minimum Gasteiger partial charge on any atom is -0.497 e. The van der Waals surface area contributed by atoms with Crippen LogP contribution in [0.2, 0.25) is 0 Å². The first-order chi connectivity index (χ1) is 14.0. The van der Waals surface area contributed by atoms with Crippen LogP contribution in [0, 0.1) is 0 Å². The van der Waals surface area contributed by atoms with E-state index in [0.717, 1.165) is 53.3 Å². The molecule has 1 unspecified atom stereocenters. The van der Waals surface area contributed by atoms with Gasteiger partial charge in [0, 0.05) is 19.5 Å². The summed E-state index contributed by atoms with van der Waals surface area (Å²) in [6, 6.07) is 7.88. The average molecular weight is 420 g/mol. The number of carbonyl (C=O) groups excluding carboxylic acids is 1. The second-order valence-corrected chi connectivity index (χ2v) is 8.01. The smallest absolute Gasteiger partial charge is 0.414 e. The number of hydrogen-bond acceptors (Lipinski definition) is 5. The van der Waals surface area contributed by atoms with Gasteiger partial charge in [-0.3, -0.25) is 4.90 Å². The van der Waals surface area contributed by atoms with Crippen molar-refractivity contribution in [1.29, 1.82) is 0 Å². The van der Waals surface area contributed by atoms with Gasteiger partial charge in [-0.1, -0.05) is 26.7 Å². The van der Waals surface area contributed by atoms with E-state index in [-0.39, 0.29) is 12.2 Å². The van der Waals surface area contributed by atoms with Gasteiger partial charge in [-0.2, -0.15) is 0 Å². The quantitative estimate of drug-likeness (QED) is 0.402. The van der Waals surface area contributed by atoms with Crippen LogP contribution in [0.3, 0.4) is 0 Å². The molecule has 0 saturated carbocycles. The normalized spacial score (nSPS) is 11.8. The van der Waals surface area contributed by atoms with Gasteiger partial charge >= 0.3 is 6.09 Å². The lowest BCUT2D eigenvalue weighted by Crippen LogP contribution is -2.31. The summed E-state index contributed by atoms with van der Waals surface area (Å²) >= 11 is 1.54. The van der Waals surface area contributed by atoms with Crippen LogP contribution in [-0.4, -0.2) is 33.5 Å². The lowest BCUT2D eigenvalue weighted by molar-refractivity contribution is 0.0958. The van der Waals surface area contributed by atoms with E-state index in [4.69, 9.17) is 14.2 Å². The molecule has 0 spiro atoms. The van der Waals surface area contributed by atoms with Gasteiger partial charge in [0.1, 0.15) is 22.6 Å². The molecule has 1 amide bonds. The van der Waals surface area contributed by atoms with Crippen LogP contribution in [0.15, 0.2) is 29.6 Å². The molecule has 2 rings (SSSR count). The Kier molecular flexibility index (Phi) is 9.32. The van der Waals surface area contributed by atoms with Gasteiger partial charge in [0.25, 0.3) is 0 Å². The van der Waals surface area contributed by atoms with Crippen LogP contribution in [0.5, 0.6) is 11.5 Å². The largest absolute Gasteiger partial charge is 0.497 e. The second kappa shape index (κ2) is 11.7. The number of rotatable bonds is 11. The lowest BCUT2D eigenvalue weighted by Gasteiger charge is -2.22. The van der Waals surface area contributed by atoms with E-state index in [9.17, 15) is 4.79 Å². The molecule has 5 nitrogen and oxygen atoms in total. The van der Waals surface area contributed by atoms with Crippen molar-refractivity contribution in [2.45, 2.75) is 58.5 Å².